The number of amides is 1. The number of halogens is 3. The van der Waals surface area contributed by atoms with E-state index in [2.05, 4.69) is 20.5 Å². The molecule has 2 aliphatic heterocycles. The van der Waals surface area contributed by atoms with E-state index in [4.69, 9.17) is 9.57 Å². The molecule has 2 aromatic rings. The Morgan fingerprint density at radius 3 is 2.38 bits per heavy atom. The van der Waals surface area contributed by atoms with Gasteiger partial charge in [0.1, 0.15) is 11.5 Å². The molecule has 0 atom stereocenters. The molecular formula is C23H25F3N4O4. The molecule has 8 nitrogen and oxygen atoms in total. The van der Waals surface area contributed by atoms with Gasteiger partial charge in [-0.1, -0.05) is 12.1 Å². The Balaban J connectivity index is 1.25. The maximum Gasteiger partial charge on any atom is 0.573 e. The van der Waals surface area contributed by atoms with Crippen LogP contribution in [0.15, 0.2) is 53.5 Å². The quantitative estimate of drug-likeness (QED) is 0.637. The lowest BCUT2D eigenvalue weighted by Gasteiger charge is -2.35. The van der Waals surface area contributed by atoms with Gasteiger partial charge < -0.3 is 14.8 Å². The first-order valence-electron chi connectivity index (χ1n) is 10.8. The van der Waals surface area contributed by atoms with Crippen molar-refractivity contribution in [2.75, 3.05) is 26.7 Å². The second kappa shape index (κ2) is 9.90. The van der Waals surface area contributed by atoms with Crippen molar-refractivity contribution in [3.63, 3.8) is 0 Å². The van der Waals surface area contributed by atoms with E-state index in [9.17, 15) is 18.0 Å². The number of rotatable bonds is 7. The van der Waals surface area contributed by atoms with Crippen LogP contribution in [-0.4, -0.2) is 55.5 Å². The number of hydroxylamine groups is 1. The van der Waals surface area contributed by atoms with Crippen LogP contribution in [0.3, 0.4) is 0 Å². The van der Waals surface area contributed by atoms with Gasteiger partial charge in [-0.3, -0.25) is 9.69 Å². The highest BCUT2D eigenvalue weighted by molar-refractivity contribution is 5.99. The van der Waals surface area contributed by atoms with E-state index in [0.717, 1.165) is 11.3 Å². The van der Waals surface area contributed by atoms with Crippen LogP contribution in [0.2, 0.25) is 0 Å². The van der Waals surface area contributed by atoms with Gasteiger partial charge in [0.15, 0.2) is 11.6 Å². The zero-order valence-electron chi connectivity index (χ0n) is 18.5. The van der Waals surface area contributed by atoms with Crippen LogP contribution in [0.1, 0.15) is 24.0 Å². The molecule has 4 rings (SSSR count). The Hall–Kier alpha value is -3.31. The van der Waals surface area contributed by atoms with Crippen molar-refractivity contribution in [3.05, 3.63) is 59.7 Å². The zero-order valence-corrected chi connectivity index (χ0v) is 18.5. The average molecular weight is 478 g/mol. The van der Waals surface area contributed by atoms with Crippen molar-refractivity contribution in [2.45, 2.75) is 31.5 Å². The highest BCUT2D eigenvalue weighted by Gasteiger charge is 2.40. The molecule has 0 unspecified atom stereocenters. The monoisotopic (exact) mass is 478 g/mol. The SMILES string of the molecule is COc1ccc(CNC(=O)CN2CCC3(CC2)N=C(c2ccc(OC(F)(F)F)cc2)NO3)cc1. The first-order valence-corrected chi connectivity index (χ1v) is 10.8. The van der Waals surface area contributed by atoms with Gasteiger partial charge >= 0.3 is 6.36 Å². The number of carbonyl (C=O) groups is 1. The number of aliphatic imine (C=N–C) groups is 1. The second-order valence-electron chi connectivity index (χ2n) is 8.08. The van der Waals surface area contributed by atoms with Gasteiger partial charge in [-0.05, 0) is 42.0 Å². The molecule has 0 aromatic heterocycles. The lowest BCUT2D eigenvalue weighted by atomic mass is 10.0. The fourth-order valence-corrected chi connectivity index (χ4v) is 3.81. The Labute approximate surface area is 194 Å². The lowest BCUT2D eigenvalue weighted by molar-refractivity contribution is -0.274. The van der Waals surface area contributed by atoms with E-state index in [1.54, 1.807) is 7.11 Å². The molecule has 1 amide bonds. The van der Waals surface area contributed by atoms with E-state index >= 15 is 0 Å². The molecule has 1 saturated heterocycles. The van der Waals surface area contributed by atoms with E-state index in [1.165, 1.54) is 24.3 Å². The van der Waals surface area contributed by atoms with Crippen molar-refractivity contribution >= 4 is 11.7 Å². The summed E-state index contributed by atoms with van der Waals surface area (Å²) in [6, 6.07) is 12.9. The fraction of sp³-hybridized carbons (Fsp3) is 0.391. The molecule has 182 valence electrons. The van der Waals surface area contributed by atoms with Crippen LogP contribution < -0.4 is 20.3 Å². The third-order valence-corrected chi connectivity index (χ3v) is 5.67. The van der Waals surface area contributed by atoms with Crippen molar-refractivity contribution < 1.29 is 32.3 Å². The summed E-state index contributed by atoms with van der Waals surface area (Å²) in [5, 5.41) is 2.92. The van der Waals surface area contributed by atoms with Gasteiger partial charge in [-0.25, -0.2) is 15.3 Å². The minimum absolute atomic E-state index is 0.0670. The zero-order chi connectivity index (χ0) is 24.2. The molecule has 0 bridgehead atoms. The molecule has 0 aliphatic carbocycles. The number of benzene rings is 2. The molecule has 34 heavy (non-hydrogen) atoms. The summed E-state index contributed by atoms with van der Waals surface area (Å²) in [7, 11) is 1.60. The normalized spacial score (nSPS) is 17.7. The Morgan fingerprint density at radius 2 is 1.76 bits per heavy atom. The number of ether oxygens (including phenoxy) is 2. The predicted molar refractivity (Wildman–Crippen MR) is 117 cm³/mol. The van der Waals surface area contributed by atoms with Gasteiger partial charge in [0.25, 0.3) is 0 Å². The van der Waals surface area contributed by atoms with E-state index < -0.39 is 12.1 Å². The van der Waals surface area contributed by atoms with Crippen LogP contribution in [0.25, 0.3) is 0 Å². The Bertz CT molecular complexity index is 1020. The Morgan fingerprint density at radius 1 is 1.12 bits per heavy atom. The van der Waals surface area contributed by atoms with Crippen molar-refractivity contribution in [1.29, 1.82) is 0 Å². The van der Waals surface area contributed by atoms with Crippen LogP contribution >= 0.6 is 0 Å². The van der Waals surface area contributed by atoms with Crippen molar-refractivity contribution in [3.8, 4) is 11.5 Å². The van der Waals surface area contributed by atoms with Gasteiger partial charge in [-0.2, -0.15) is 0 Å². The topological polar surface area (TPSA) is 84.4 Å². The van der Waals surface area contributed by atoms with Crippen LogP contribution in [0, 0.1) is 0 Å². The number of alkyl halides is 3. The first kappa shape index (κ1) is 23.8. The molecular weight excluding hydrogens is 453 g/mol. The van der Waals surface area contributed by atoms with Gasteiger partial charge in [-0.15, -0.1) is 13.2 Å². The molecule has 2 aromatic carbocycles. The van der Waals surface area contributed by atoms with E-state index in [0.29, 0.717) is 43.9 Å². The predicted octanol–water partition coefficient (Wildman–Crippen LogP) is 2.98. The highest BCUT2D eigenvalue weighted by Crippen LogP contribution is 2.31. The number of amidine groups is 1. The van der Waals surface area contributed by atoms with Crippen molar-refractivity contribution in [1.82, 2.24) is 15.7 Å². The van der Waals surface area contributed by atoms with Crippen LogP contribution in [0.5, 0.6) is 11.5 Å². The summed E-state index contributed by atoms with van der Waals surface area (Å²) >= 11 is 0. The van der Waals surface area contributed by atoms with E-state index in [-0.39, 0.29) is 18.2 Å². The minimum atomic E-state index is -4.74. The summed E-state index contributed by atoms with van der Waals surface area (Å²) in [6.45, 7) is 1.95. The summed E-state index contributed by atoms with van der Waals surface area (Å²) in [4.78, 5) is 24.8. The van der Waals surface area contributed by atoms with Gasteiger partial charge in [0.05, 0.1) is 13.7 Å². The number of likely N-dealkylation sites (tertiary alicyclic amines) is 1. The lowest BCUT2D eigenvalue weighted by Crippen LogP contribution is -2.47. The molecule has 2 aliphatic rings. The van der Waals surface area contributed by atoms with E-state index in [1.807, 2.05) is 29.2 Å². The maximum atomic E-state index is 12.3. The molecule has 0 radical (unpaired) electrons. The summed E-state index contributed by atoms with van der Waals surface area (Å²) in [6.07, 6.45) is -3.59. The van der Waals surface area contributed by atoms with Crippen LogP contribution in [0.4, 0.5) is 13.2 Å². The highest BCUT2D eigenvalue weighted by atomic mass is 19.4. The number of nitrogens with one attached hydrogen (secondary N) is 2. The minimum Gasteiger partial charge on any atom is -0.497 e. The smallest absolute Gasteiger partial charge is 0.497 e. The Kier molecular flexibility index (Phi) is 6.94. The fourth-order valence-electron chi connectivity index (χ4n) is 3.81. The number of hydrogen-bond donors (Lipinski definition) is 2. The summed E-state index contributed by atoms with van der Waals surface area (Å²) in [5.41, 5.74) is 3.60. The molecule has 2 N–H and O–H groups in total. The largest absolute Gasteiger partial charge is 0.573 e. The number of carbonyl (C=O) groups excluding carboxylic acids is 1. The van der Waals surface area contributed by atoms with Gasteiger partial charge in [0.2, 0.25) is 5.91 Å². The number of methoxy groups -OCH3 is 1. The molecule has 1 spiro atoms. The maximum absolute atomic E-state index is 12.3. The number of hydrogen-bond acceptors (Lipinski definition) is 7. The van der Waals surface area contributed by atoms with Crippen molar-refractivity contribution in [2.24, 2.45) is 4.99 Å². The third-order valence-electron chi connectivity index (χ3n) is 5.67. The first-order chi connectivity index (χ1) is 16.2. The second-order valence-corrected chi connectivity index (χ2v) is 8.08. The number of piperidine rings is 1. The summed E-state index contributed by atoms with van der Waals surface area (Å²) in [5.74, 6) is 0.843. The molecule has 11 heteroatoms. The van der Waals surface area contributed by atoms with Crippen LogP contribution in [-0.2, 0) is 16.2 Å². The molecule has 1 fully saturated rings. The average Bonchev–Trinajstić information content (AvgIpc) is 3.23. The third kappa shape index (κ3) is 6.17. The number of nitrogens with zero attached hydrogens (tertiary/aromatic N) is 2. The molecule has 0 saturated carbocycles. The standard InChI is InChI=1S/C23H25F3N4O4/c1-32-18-6-2-16(3-7-18)14-27-20(31)15-30-12-10-22(11-13-30)28-21(29-34-22)17-4-8-19(9-5-17)33-23(24,25)26/h2-9H,10-15H2,1H3,(H,27,31)(H,28,29). The van der Waals surface area contributed by atoms with Gasteiger partial charge in [0, 0.05) is 38.0 Å². The molecule has 2 heterocycles. The summed E-state index contributed by atoms with van der Waals surface area (Å²) < 4.78 is 46.0.